The van der Waals surface area contributed by atoms with E-state index in [1.807, 2.05) is 30.1 Å². The van der Waals surface area contributed by atoms with Gasteiger partial charge in [-0.25, -0.2) is 0 Å². The zero-order valence-corrected chi connectivity index (χ0v) is 17.9. The minimum atomic E-state index is -0.00858. The first kappa shape index (κ1) is 18.3. The summed E-state index contributed by atoms with van der Waals surface area (Å²) in [4.78, 5) is 14.6. The Morgan fingerprint density at radius 1 is 1.14 bits per heavy atom. The lowest BCUT2D eigenvalue weighted by Crippen LogP contribution is -2.29. The van der Waals surface area contributed by atoms with Crippen molar-refractivity contribution in [2.45, 2.75) is 44.0 Å². The van der Waals surface area contributed by atoms with Crippen LogP contribution in [0.2, 0.25) is 5.02 Å². The van der Waals surface area contributed by atoms with Crippen molar-refractivity contribution in [1.82, 2.24) is 9.88 Å². The van der Waals surface area contributed by atoms with Crippen molar-refractivity contribution in [3.8, 4) is 0 Å². The molecule has 3 atom stereocenters. The van der Waals surface area contributed by atoms with Gasteiger partial charge in [0.15, 0.2) is 5.17 Å². The molecule has 0 bridgehead atoms. The molecular formula is C22H25ClN4S. The van der Waals surface area contributed by atoms with Crippen LogP contribution in [0.15, 0.2) is 41.5 Å². The molecule has 0 spiro atoms. The van der Waals surface area contributed by atoms with Crippen molar-refractivity contribution < 1.29 is 0 Å². The molecule has 28 heavy (non-hydrogen) atoms. The van der Waals surface area contributed by atoms with Crippen molar-refractivity contribution in [2.75, 3.05) is 24.5 Å². The van der Waals surface area contributed by atoms with Crippen molar-refractivity contribution in [3.05, 3.63) is 58.4 Å². The van der Waals surface area contributed by atoms with Gasteiger partial charge in [-0.15, -0.1) is 0 Å². The van der Waals surface area contributed by atoms with Crippen LogP contribution in [0.5, 0.6) is 0 Å². The number of anilines is 1. The Balaban J connectivity index is 1.57. The smallest absolute Gasteiger partial charge is 0.160 e. The highest BCUT2D eigenvalue weighted by Gasteiger charge is 2.44. The summed E-state index contributed by atoms with van der Waals surface area (Å²) < 4.78 is 0. The van der Waals surface area contributed by atoms with Crippen molar-refractivity contribution in [2.24, 2.45) is 4.99 Å². The maximum atomic E-state index is 7.00. The summed E-state index contributed by atoms with van der Waals surface area (Å²) in [5.41, 5.74) is 4.66. The predicted molar refractivity (Wildman–Crippen MR) is 119 cm³/mol. The number of benzene rings is 1. The van der Waals surface area contributed by atoms with Gasteiger partial charge in [0.2, 0.25) is 0 Å². The Morgan fingerprint density at radius 3 is 2.71 bits per heavy atom. The van der Waals surface area contributed by atoms with Gasteiger partial charge in [0, 0.05) is 36.8 Å². The number of nitrogens with zero attached hydrogens (tertiary/aromatic N) is 4. The number of fused-ring (bicyclic) bond motifs is 1. The fraction of sp³-hybridized carbons (Fsp3) is 0.455. The number of halogens is 1. The number of pyridine rings is 1. The van der Waals surface area contributed by atoms with E-state index in [1.165, 1.54) is 29.7 Å². The second-order valence-electron chi connectivity index (χ2n) is 7.94. The summed E-state index contributed by atoms with van der Waals surface area (Å²) in [7, 11) is 0. The summed E-state index contributed by atoms with van der Waals surface area (Å²) in [5, 5.41) is 2.57. The molecule has 0 aliphatic carbocycles. The molecule has 2 aromatic rings. The van der Waals surface area contributed by atoms with Crippen LogP contribution in [-0.4, -0.2) is 39.9 Å². The Morgan fingerprint density at radius 2 is 1.96 bits per heavy atom. The van der Waals surface area contributed by atoms with Crippen LogP contribution in [0, 0.1) is 6.92 Å². The van der Waals surface area contributed by atoms with E-state index in [4.69, 9.17) is 16.6 Å². The molecule has 5 rings (SSSR count). The van der Waals surface area contributed by atoms with Crippen molar-refractivity contribution in [1.29, 1.82) is 0 Å². The quantitative estimate of drug-likeness (QED) is 0.690. The zero-order chi connectivity index (χ0) is 19.3. The Kier molecular flexibility index (Phi) is 4.76. The third-order valence-electron chi connectivity index (χ3n) is 6.03. The maximum Gasteiger partial charge on any atom is 0.160 e. The van der Waals surface area contributed by atoms with Gasteiger partial charge < -0.3 is 9.80 Å². The lowest BCUT2D eigenvalue weighted by atomic mass is 9.94. The molecule has 4 nitrogen and oxygen atoms in total. The number of thioether (sulfide) groups is 1. The second-order valence-corrected chi connectivity index (χ2v) is 9.73. The summed E-state index contributed by atoms with van der Waals surface area (Å²) in [6.07, 6.45) is 4.39. The molecule has 146 valence electrons. The van der Waals surface area contributed by atoms with Crippen LogP contribution in [0.3, 0.4) is 0 Å². The second kappa shape index (κ2) is 7.27. The van der Waals surface area contributed by atoms with E-state index in [2.05, 4.69) is 46.8 Å². The van der Waals surface area contributed by atoms with E-state index in [1.54, 1.807) is 0 Å². The molecular weight excluding hydrogens is 388 g/mol. The minimum absolute atomic E-state index is 0.00858. The highest BCUT2D eigenvalue weighted by molar-refractivity contribution is 8.14. The number of hydrogen-bond acceptors (Lipinski definition) is 5. The van der Waals surface area contributed by atoms with Crippen molar-refractivity contribution in [3.63, 3.8) is 0 Å². The third kappa shape index (κ3) is 3.00. The fourth-order valence-electron chi connectivity index (χ4n) is 4.68. The first-order valence-electron chi connectivity index (χ1n) is 10.1. The van der Waals surface area contributed by atoms with Gasteiger partial charge in [-0.1, -0.05) is 42.4 Å². The molecule has 1 aromatic heterocycles. The molecule has 0 amide bonds. The average molecular weight is 413 g/mol. The fourth-order valence-corrected chi connectivity index (χ4v) is 6.04. The van der Waals surface area contributed by atoms with Gasteiger partial charge in [0.05, 0.1) is 16.8 Å². The summed E-state index contributed by atoms with van der Waals surface area (Å²) >= 11 is 8.87. The molecule has 6 heteroatoms. The van der Waals surface area contributed by atoms with Crippen LogP contribution < -0.4 is 4.90 Å². The monoisotopic (exact) mass is 412 g/mol. The van der Waals surface area contributed by atoms with Gasteiger partial charge in [0.25, 0.3) is 0 Å². The van der Waals surface area contributed by atoms with Gasteiger partial charge in [-0.3, -0.25) is 9.98 Å². The molecule has 0 radical (unpaired) electrons. The summed E-state index contributed by atoms with van der Waals surface area (Å²) in [6, 6.07) is 10.7. The third-order valence-corrected chi connectivity index (χ3v) is 7.64. The molecule has 0 saturated carbocycles. The van der Waals surface area contributed by atoms with Gasteiger partial charge in [-0.2, -0.15) is 0 Å². The van der Waals surface area contributed by atoms with Crippen molar-refractivity contribution >= 4 is 34.2 Å². The number of aliphatic imine (C=N–C) groups is 1. The highest BCUT2D eigenvalue weighted by atomic mass is 35.5. The summed E-state index contributed by atoms with van der Waals surface area (Å²) in [5.74, 6) is 0. The normalized spacial score (nSPS) is 26.7. The van der Waals surface area contributed by atoms with Gasteiger partial charge in [0.1, 0.15) is 6.04 Å². The van der Waals surface area contributed by atoms with E-state index in [0.717, 1.165) is 35.5 Å². The van der Waals surface area contributed by atoms with E-state index in [0.29, 0.717) is 5.25 Å². The van der Waals surface area contributed by atoms with E-state index >= 15 is 0 Å². The first-order valence-corrected chi connectivity index (χ1v) is 11.3. The number of hydrogen-bond donors (Lipinski definition) is 0. The SMILES string of the molecule is Cc1c(N2CCCC2)ccc([C@@H]2[C@H](c3ccccn3)N=C3S[C@H](C)CN32)c1Cl. The predicted octanol–water partition coefficient (Wildman–Crippen LogP) is 5.23. The molecule has 0 N–H and O–H groups in total. The Labute approximate surface area is 176 Å². The number of amidine groups is 1. The molecule has 3 aliphatic heterocycles. The zero-order valence-electron chi connectivity index (χ0n) is 16.3. The lowest BCUT2D eigenvalue weighted by Gasteiger charge is -2.30. The Bertz CT molecular complexity index is 910. The van der Waals surface area contributed by atoms with E-state index in [-0.39, 0.29) is 12.1 Å². The topological polar surface area (TPSA) is 31.7 Å². The average Bonchev–Trinajstić information content (AvgIpc) is 3.41. The highest BCUT2D eigenvalue weighted by Crippen LogP contribution is 2.50. The van der Waals surface area contributed by atoms with Crippen LogP contribution in [0.25, 0.3) is 0 Å². The van der Waals surface area contributed by atoms with E-state index in [9.17, 15) is 0 Å². The largest absolute Gasteiger partial charge is 0.371 e. The standard InChI is InChI=1S/C22H25ClN4S/c1-14-13-27-21(20(25-22(27)28-14)17-7-3-4-10-24-17)16-8-9-18(15(2)19(16)23)26-11-5-6-12-26/h3-4,7-10,14,20-21H,5-6,11-13H2,1-2H3/t14-,20+,21-/m1/s1. The Hall–Kier alpha value is -1.72. The number of rotatable bonds is 3. The maximum absolute atomic E-state index is 7.00. The number of aromatic nitrogens is 1. The molecule has 1 aromatic carbocycles. The van der Waals surface area contributed by atoms with Gasteiger partial charge >= 0.3 is 0 Å². The molecule has 4 heterocycles. The van der Waals surface area contributed by atoms with Gasteiger partial charge in [-0.05, 0) is 49.1 Å². The first-order chi connectivity index (χ1) is 13.6. The summed E-state index contributed by atoms with van der Waals surface area (Å²) in [6.45, 7) is 7.68. The molecule has 3 aliphatic rings. The lowest BCUT2D eigenvalue weighted by molar-refractivity contribution is 0.321. The van der Waals surface area contributed by atoms with E-state index < -0.39 is 0 Å². The molecule has 2 saturated heterocycles. The van der Waals surface area contributed by atoms with Crippen LogP contribution in [0.1, 0.15) is 48.7 Å². The van der Waals surface area contributed by atoms with Crippen LogP contribution in [0.4, 0.5) is 5.69 Å². The molecule has 2 fully saturated rings. The minimum Gasteiger partial charge on any atom is -0.371 e. The molecule has 0 unspecified atom stereocenters. The van der Waals surface area contributed by atoms with Crippen LogP contribution >= 0.6 is 23.4 Å². The van der Waals surface area contributed by atoms with Crippen LogP contribution in [-0.2, 0) is 0 Å².